The van der Waals surface area contributed by atoms with Crippen LogP contribution in [-0.2, 0) is 38.0 Å². The maximum Gasteiger partial charge on any atom is 0.372 e. The van der Waals surface area contributed by atoms with E-state index in [-0.39, 0.29) is 19.5 Å². The normalized spacial score (nSPS) is 24.4. The van der Waals surface area contributed by atoms with Crippen molar-refractivity contribution < 1.29 is 46.8 Å². The number of rotatable bonds is 21. The van der Waals surface area contributed by atoms with E-state index in [1.54, 1.807) is 0 Å². The largest absolute Gasteiger partial charge is 0.448 e. The second kappa shape index (κ2) is 18.2. The van der Waals surface area contributed by atoms with Crippen LogP contribution >= 0.6 is 0 Å². The number of hydrogen-bond donors (Lipinski definition) is 0. The first-order valence-corrected chi connectivity index (χ1v) is 14.2. The van der Waals surface area contributed by atoms with Gasteiger partial charge in [-0.1, -0.05) is 53.4 Å². The third kappa shape index (κ3) is 10.4. The molecule has 0 amide bonds. The summed E-state index contributed by atoms with van der Waals surface area (Å²) < 4.78 is 67.7. The second-order valence-corrected chi connectivity index (χ2v) is 10.3. The average molecular weight is 553 g/mol. The van der Waals surface area contributed by atoms with Gasteiger partial charge < -0.3 is 28.4 Å². The first-order valence-electron chi connectivity index (χ1n) is 14.2. The Bertz CT molecular complexity index is 661. The predicted octanol–water partition coefficient (Wildman–Crippen LogP) is 5.28. The van der Waals surface area contributed by atoms with Crippen molar-refractivity contribution in [2.45, 2.75) is 135 Å². The van der Waals surface area contributed by atoms with E-state index in [0.717, 1.165) is 58.8 Å². The fraction of sp³-hybridized carbons (Fsp3) is 0.929. The smallest absolute Gasteiger partial charge is 0.372 e. The number of carbonyl (C=O) groups is 2. The minimum absolute atomic E-state index is 0.0350. The van der Waals surface area contributed by atoms with Crippen molar-refractivity contribution in [1.82, 2.24) is 0 Å². The van der Waals surface area contributed by atoms with Gasteiger partial charge >= 0.3 is 11.9 Å². The van der Waals surface area contributed by atoms with Gasteiger partial charge in [0.05, 0.1) is 6.61 Å². The number of unbranched alkanes of at least 4 members (excludes halogenated alkanes) is 4. The van der Waals surface area contributed by atoms with Crippen molar-refractivity contribution in [1.29, 1.82) is 0 Å². The number of carbonyl (C=O) groups excluding carboxylic acids is 2. The van der Waals surface area contributed by atoms with Gasteiger partial charge in [0.25, 0.3) is 0 Å². The van der Waals surface area contributed by atoms with Crippen LogP contribution in [0.4, 0.5) is 8.78 Å². The van der Waals surface area contributed by atoms with Crippen molar-refractivity contribution in [3.8, 4) is 0 Å². The van der Waals surface area contributed by atoms with Gasteiger partial charge in [0, 0.05) is 26.4 Å². The highest BCUT2D eigenvalue weighted by Crippen LogP contribution is 2.43. The van der Waals surface area contributed by atoms with Gasteiger partial charge in [-0.05, 0) is 39.5 Å². The lowest BCUT2D eigenvalue weighted by atomic mass is 9.85. The fourth-order valence-corrected chi connectivity index (χ4v) is 4.14. The number of hydrogen-bond acceptors (Lipinski definition) is 8. The summed E-state index contributed by atoms with van der Waals surface area (Å²) in [6.45, 7) is 11.7. The summed E-state index contributed by atoms with van der Waals surface area (Å²) in [7, 11) is 0. The number of aldehydes is 1. The third-order valence-corrected chi connectivity index (χ3v) is 6.59. The lowest BCUT2D eigenvalue weighted by molar-refractivity contribution is -0.329. The molecule has 1 aliphatic heterocycles. The highest BCUT2D eigenvalue weighted by molar-refractivity contribution is 6.20. The SMILES string of the molecule is CCCCOC[C@H]1O[C@@H](C(F)(F)C(C)(C)OC(=O)C=O)[C@H](OCCCC)[C@@H](OCCCC)[C@H]1OCCCC. The molecular formula is C28H50F2O8. The van der Waals surface area contributed by atoms with Gasteiger partial charge in [-0.15, -0.1) is 0 Å². The van der Waals surface area contributed by atoms with Crippen LogP contribution < -0.4 is 0 Å². The molecule has 0 bridgehead atoms. The summed E-state index contributed by atoms with van der Waals surface area (Å²) in [5, 5.41) is 0. The first kappa shape index (κ1) is 34.8. The molecule has 38 heavy (non-hydrogen) atoms. The van der Waals surface area contributed by atoms with E-state index in [4.69, 9.17) is 28.4 Å². The Hall–Kier alpha value is -1.20. The lowest BCUT2D eigenvalue weighted by Crippen LogP contribution is -2.69. The summed E-state index contributed by atoms with van der Waals surface area (Å²) in [6.07, 6.45) is 0.902. The molecule has 0 aromatic heterocycles. The monoisotopic (exact) mass is 552 g/mol. The van der Waals surface area contributed by atoms with Gasteiger partial charge in [-0.2, -0.15) is 8.78 Å². The Kier molecular flexibility index (Phi) is 16.7. The Morgan fingerprint density at radius 2 is 1.26 bits per heavy atom. The molecule has 224 valence electrons. The topological polar surface area (TPSA) is 89.5 Å². The van der Waals surface area contributed by atoms with Crippen LogP contribution in [0.25, 0.3) is 0 Å². The number of halogens is 2. The highest BCUT2D eigenvalue weighted by Gasteiger charge is 2.64. The van der Waals surface area contributed by atoms with Gasteiger partial charge in [0.1, 0.15) is 24.4 Å². The molecule has 5 atom stereocenters. The van der Waals surface area contributed by atoms with E-state index in [9.17, 15) is 9.59 Å². The van der Waals surface area contributed by atoms with E-state index in [0.29, 0.717) is 26.2 Å². The van der Waals surface area contributed by atoms with Gasteiger partial charge in [-0.3, -0.25) is 4.79 Å². The molecule has 0 N–H and O–H groups in total. The first-order chi connectivity index (χ1) is 18.1. The maximum atomic E-state index is 16.2. The molecule has 0 saturated carbocycles. The Morgan fingerprint density at radius 1 is 0.789 bits per heavy atom. The molecule has 8 nitrogen and oxygen atoms in total. The maximum absolute atomic E-state index is 16.2. The van der Waals surface area contributed by atoms with Gasteiger partial charge in [0.2, 0.25) is 6.29 Å². The zero-order valence-electron chi connectivity index (χ0n) is 24.2. The molecule has 0 aromatic carbocycles. The molecule has 0 radical (unpaired) electrons. The molecule has 10 heteroatoms. The van der Waals surface area contributed by atoms with E-state index >= 15 is 8.78 Å². The molecule has 1 heterocycles. The zero-order valence-corrected chi connectivity index (χ0v) is 24.2. The van der Waals surface area contributed by atoms with Crippen LogP contribution in [0.5, 0.6) is 0 Å². The Balaban J connectivity index is 3.48. The Morgan fingerprint density at radius 3 is 1.76 bits per heavy atom. The van der Waals surface area contributed by atoms with Crippen molar-refractivity contribution in [2.75, 3.05) is 33.0 Å². The number of alkyl halides is 2. The average Bonchev–Trinajstić information content (AvgIpc) is 2.88. The summed E-state index contributed by atoms with van der Waals surface area (Å²) in [6, 6.07) is 0. The summed E-state index contributed by atoms with van der Waals surface area (Å²) >= 11 is 0. The standard InChI is InChI=1S/C28H50F2O8/c1-7-11-15-33-20-21-23(34-16-12-8-2)24(35-17-13-9-3)25(36-18-14-10-4)26(37-21)28(29,30)27(5,6)38-22(32)19-31/h19,21,23-26H,7-18,20H2,1-6H3/t21-,23+,24+,25-,26-/m1/s1. The van der Waals surface area contributed by atoms with E-state index in [1.807, 2.05) is 27.7 Å². The molecular weight excluding hydrogens is 502 g/mol. The minimum atomic E-state index is -3.75. The Labute approximate surface area is 227 Å². The molecule has 1 fully saturated rings. The zero-order chi connectivity index (χ0) is 28.6. The van der Waals surface area contributed by atoms with E-state index in [1.165, 1.54) is 0 Å². The molecule has 0 unspecified atom stereocenters. The minimum Gasteiger partial charge on any atom is -0.448 e. The fourth-order valence-electron chi connectivity index (χ4n) is 4.14. The highest BCUT2D eigenvalue weighted by atomic mass is 19.3. The van der Waals surface area contributed by atoms with Crippen LogP contribution in [-0.4, -0.2) is 87.3 Å². The van der Waals surface area contributed by atoms with Crippen LogP contribution in [0.3, 0.4) is 0 Å². The lowest BCUT2D eigenvalue weighted by Gasteiger charge is -2.50. The van der Waals surface area contributed by atoms with Crippen molar-refractivity contribution in [2.24, 2.45) is 0 Å². The summed E-state index contributed by atoms with van der Waals surface area (Å²) in [5.41, 5.74) is -2.36. The molecule has 0 aliphatic carbocycles. The van der Waals surface area contributed by atoms with Gasteiger partial charge in [0.15, 0.2) is 11.7 Å². The van der Waals surface area contributed by atoms with E-state index in [2.05, 4.69) is 0 Å². The second-order valence-electron chi connectivity index (χ2n) is 10.3. The summed E-state index contributed by atoms with van der Waals surface area (Å²) in [4.78, 5) is 22.6. The summed E-state index contributed by atoms with van der Waals surface area (Å²) in [5.74, 6) is -5.13. The molecule has 1 rings (SSSR count). The molecule has 0 spiro atoms. The van der Waals surface area contributed by atoms with Crippen LogP contribution in [0.1, 0.15) is 92.9 Å². The van der Waals surface area contributed by atoms with Gasteiger partial charge in [-0.25, -0.2) is 4.79 Å². The van der Waals surface area contributed by atoms with Crippen molar-refractivity contribution in [3.05, 3.63) is 0 Å². The van der Waals surface area contributed by atoms with Crippen LogP contribution in [0.2, 0.25) is 0 Å². The van der Waals surface area contributed by atoms with Crippen molar-refractivity contribution >= 4 is 12.3 Å². The molecule has 1 aliphatic rings. The quantitative estimate of drug-likeness (QED) is 0.0822. The van der Waals surface area contributed by atoms with Crippen LogP contribution in [0, 0.1) is 0 Å². The number of ether oxygens (including phenoxy) is 6. The predicted molar refractivity (Wildman–Crippen MR) is 140 cm³/mol. The van der Waals surface area contributed by atoms with Crippen molar-refractivity contribution in [3.63, 3.8) is 0 Å². The van der Waals surface area contributed by atoms with Crippen LogP contribution in [0.15, 0.2) is 0 Å². The number of esters is 1. The molecule has 0 aromatic rings. The molecule has 1 saturated heterocycles. The van der Waals surface area contributed by atoms with E-state index < -0.39 is 48.0 Å². The third-order valence-electron chi connectivity index (χ3n) is 6.59.